The molecule has 0 amide bonds. The van der Waals surface area contributed by atoms with E-state index in [9.17, 15) is 0 Å². The van der Waals surface area contributed by atoms with E-state index >= 15 is 0 Å². The number of benzene rings is 1. The van der Waals surface area contributed by atoms with Crippen LogP contribution in [0.5, 0.6) is 0 Å². The first-order valence-electron chi connectivity index (χ1n) is 4.34. The molecular formula is C10H13Cl2N. The van der Waals surface area contributed by atoms with Gasteiger partial charge < -0.3 is 5.32 Å². The lowest BCUT2D eigenvalue weighted by molar-refractivity contribution is 0.979. The van der Waals surface area contributed by atoms with Crippen molar-refractivity contribution in [1.82, 2.24) is 0 Å². The fourth-order valence-electron chi connectivity index (χ4n) is 1.04. The molecule has 0 spiro atoms. The second-order valence-corrected chi connectivity index (χ2v) is 3.82. The number of halogens is 2. The summed E-state index contributed by atoms with van der Waals surface area (Å²) < 4.78 is 0. The molecule has 72 valence electrons. The molecule has 0 radical (unpaired) electrons. The normalized spacial score (nSPS) is 10.2. The summed E-state index contributed by atoms with van der Waals surface area (Å²) >= 11 is 12.0. The van der Waals surface area contributed by atoms with Crippen LogP contribution < -0.4 is 5.32 Å². The number of nitrogens with one attached hydrogen (secondary N) is 1. The molecular weight excluding hydrogens is 205 g/mol. The van der Waals surface area contributed by atoms with Gasteiger partial charge >= 0.3 is 0 Å². The van der Waals surface area contributed by atoms with Crippen LogP contribution >= 0.6 is 23.2 Å². The van der Waals surface area contributed by atoms with Crippen LogP contribution in [0.15, 0.2) is 12.1 Å². The highest BCUT2D eigenvalue weighted by molar-refractivity contribution is 6.35. The second kappa shape index (κ2) is 4.73. The molecule has 0 aliphatic rings. The first-order chi connectivity index (χ1) is 6.15. The molecule has 0 saturated heterocycles. The van der Waals surface area contributed by atoms with Crippen molar-refractivity contribution < 1.29 is 0 Å². The Balaban J connectivity index is 2.88. The Kier molecular flexibility index (Phi) is 3.89. The van der Waals surface area contributed by atoms with Crippen LogP contribution in [0, 0.1) is 6.92 Å². The van der Waals surface area contributed by atoms with E-state index in [1.54, 1.807) is 0 Å². The number of hydrogen-bond acceptors (Lipinski definition) is 1. The van der Waals surface area contributed by atoms with Gasteiger partial charge in [-0.2, -0.15) is 0 Å². The third-order valence-electron chi connectivity index (χ3n) is 1.81. The number of anilines is 1. The van der Waals surface area contributed by atoms with E-state index in [1.165, 1.54) is 0 Å². The van der Waals surface area contributed by atoms with Crippen LogP contribution in [0.1, 0.15) is 18.9 Å². The third-order valence-corrected chi connectivity index (χ3v) is 2.53. The Morgan fingerprint density at radius 3 is 2.54 bits per heavy atom. The molecule has 0 aliphatic heterocycles. The van der Waals surface area contributed by atoms with Gasteiger partial charge in [0.15, 0.2) is 0 Å². The van der Waals surface area contributed by atoms with Gasteiger partial charge in [0.05, 0.1) is 10.7 Å². The molecule has 0 aliphatic carbocycles. The van der Waals surface area contributed by atoms with Crippen LogP contribution in [0.4, 0.5) is 5.69 Å². The summed E-state index contributed by atoms with van der Waals surface area (Å²) in [6.07, 6.45) is 1.07. The Bertz CT molecular complexity index is 297. The van der Waals surface area contributed by atoms with Crippen molar-refractivity contribution >= 4 is 28.9 Å². The molecule has 0 aromatic heterocycles. The van der Waals surface area contributed by atoms with Crippen LogP contribution in [0.2, 0.25) is 10.0 Å². The topological polar surface area (TPSA) is 12.0 Å². The van der Waals surface area contributed by atoms with Crippen molar-refractivity contribution in [1.29, 1.82) is 0 Å². The SMILES string of the molecule is CCCNc1cc(Cl)c(C)cc1Cl. The predicted octanol–water partition coefficient (Wildman–Crippen LogP) is 4.12. The largest absolute Gasteiger partial charge is 0.384 e. The van der Waals surface area contributed by atoms with Gasteiger partial charge in [-0.15, -0.1) is 0 Å². The van der Waals surface area contributed by atoms with E-state index in [-0.39, 0.29) is 0 Å². The van der Waals surface area contributed by atoms with Gasteiger partial charge in [0.25, 0.3) is 0 Å². The van der Waals surface area contributed by atoms with Gasteiger partial charge in [0, 0.05) is 11.6 Å². The van der Waals surface area contributed by atoms with Gasteiger partial charge in [0.1, 0.15) is 0 Å². The van der Waals surface area contributed by atoms with Gasteiger partial charge in [-0.1, -0.05) is 30.1 Å². The lowest BCUT2D eigenvalue weighted by Gasteiger charge is -2.08. The molecule has 1 rings (SSSR count). The minimum atomic E-state index is 0.732. The number of aryl methyl sites for hydroxylation is 1. The molecule has 0 fully saturated rings. The van der Waals surface area contributed by atoms with E-state index in [0.717, 1.165) is 34.3 Å². The van der Waals surface area contributed by atoms with Crippen molar-refractivity contribution in [3.8, 4) is 0 Å². The summed E-state index contributed by atoms with van der Waals surface area (Å²) in [6, 6.07) is 3.75. The summed E-state index contributed by atoms with van der Waals surface area (Å²) in [5, 5.41) is 4.70. The first-order valence-corrected chi connectivity index (χ1v) is 5.10. The van der Waals surface area contributed by atoms with Crippen molar-refractivity contribution in [2.24, 2.45) is 0 Å². The average Bonchev–Trinajstić information content (AvgIpc) is 2.09. The van der Waals surface area contributed by atoms with E-state index in [4.69, 9.17) is 23.2 Å². The van der Waals surface area contributed by atoms with Crippen molar-refractivity contribution in [3.05, 3.63) is 27.7 Å². The Morgan fingerprint density at radius 1 is 1.23 bits per heavy atom. The average molecular weight is 218 g/mol. The quantitative estimate of drug-likeness (QED) is 0.804. The maximum Gasteiger partial charge on any atom is 0.0641 e. The Hall–Kier alpha value is -0.400. The molecule has 0 bridgehead atoms. The van der Waals surface area contributed by atoms with Crippen molar-refractivity contribution in [2.45, 2.75) is 20.3 Å². The first kappa shape index (κ1) is 10.7. The molecule has 0 saturated carbocycles. The van der Waals surface area contributed by atoms with E-state index in [2.05, 4.69) is 12.2 Å². The van der Waals surface area contributed by atoms with Crippen LogP contribution in [0.3, 0.4) is 0 Å². The van der Waals surface area contributed by atoms with Gasteiger partial charge in [-0.25, -0.2) is 0 Å². The minimum absolute atomic E-state index is 0.732. The lowest BCUT2D eigenvalue weighted by Crippen LogP contribution is -2.00. The van der Waals surface area contributed by atoms with Gasteiger partial charge in [0.2, 0.25) is 0 Å². The fraction of sp³-hybridized carbons (Fsp3) is 0.400. The zero-order valence-electron chi connectivity index (χ0n) is 7.82. The maximum absolute atomic E-state index is 6.02. The smallest absolute Gasteiger partial charge is 0.0641 e. The molecule has 1 N–H and O–H groups in total. The number of hydrogen-bond donors (Lipinski definition) is 1. The predicted molar refractivity (Wildman–Crippen MR) is 60.0 cm³/mol. The van der Waals surface area contributed by atoms with Crippen molar-refractivity contribution in [2.75, 3.05) is 11.9 Å². The molecule has 0 atom stereocenters. The maximum atomic E-state index is 6.02. The molecule has 1 aromatic carbocycles. The van der Waals surface area contributed by atoms with Gasteiger partial charge in [-0.3, -0.25) is 0 Å². The third kappa shape index (κ3) is 2.78. The molecule has 0 unspecified atom stereocenters. The molecule has 3 heteroatoms. The van der Waals surface area contributed by atoms with Crippen molar-refractivity contribution in [3.63, 3.8) is 0 Å². The number of rotatable bonds is 3. The summed E-state index contributed by atoms with van der Waals surface area (Å²) in [5.41, 5.74) is 1.92. The summed E-state index contributed by atoms with van der Waals surface area (Å²) in [5.74, 6) is 0. The zero-order chi connectivity index (χ0) is 9.84. The van der Waals surface area contributed by atoms with E-state index < -0.39 is 0 Å². The summed E-state index contributed by atoms with van der Waals surface area (Å²) in [4.78, 5) is 0. The highest BCUT2D eigenvalue weighted by Gasteiger charge is 2.02. The van der Waals surface area contributed by atoms with Crippen LogP contribution in [-0.2, 0) is 0 Å². The lowest BCUT2D eigenvalue weighted by atomic mass is 10.2. The molecule has 1 aromatic rings. The zero-order valence-corrected chi connectivity index (χ0v) is 9.34. The highest BCUT2D eigenvalue weighted by Crippen LogP contribution is 2.28. The fourth-order valence-corrected chi connectivity index (χ4v) is 1.49. The van der Waals surface area contributed by atoms with Crippen LogP contribution in [0.25, 0.3) is 0 Å². The van der Waals surface area contributed by atoms with Gasteiger partial charge in [-0.05, 0) is 31.0 Å². The molecule has 13 heavy (non-hydrogen) atoms. The molecule has 0 heterocycles. The van der Waals surface area contributed by atoms with E-state index in [1.807, 2.05) is 19.1 Å². The minimum Gasteiger partial charge on any atom is -0.384 e. The Morgan fingerprint density at radius 2 is 1.92 bits per heavy atom. The summed E-state index contributed by atoms with van der Waals surface area (Å²) in [7, 11) is 0. The highest BCUT2D eigenvalue weighted by atomic mass is 35.5. The van der Waals surface area contributed by atoms with Crippen LogP contribution in [-0.4, -0.2) is 6.54 Å². The van der Waals surface area contributed by atoms with E-state index in [0.29, 0.717) is 0 Å². The Labute approximate surface area is 89.0 Å². The second-order valence-electron chi connectivity index (χ2n) is 3.01. The molecule has 1 nitrogen and oxygen atoms in total. The standard InChI is InChI=1S/C10H13Cl2N/c1-3-4-13-10-6-8(11)7(2)5-9(10)12/h5-6,13H,3-4H2,1-2H3. The monoisotopic (exact) mass is 217 g/mol. The summed E-state index contributed by atoms with van der Waals surface area (Å²) in [6.45, 7) is 4.97.